The molecule has 5 heteroatoms. The van der Waals surface area contributed by atoms with E-state index in [1.54, 1.807) is 12.1 Å². The molecule has 0 aliphatic carbocycles. The summed E-state index contributed by atoms with van der Waals surface area (Å²) in [7, 11) is 1.17. The fourth-order valence-electron chi connectivity index (χ4n) is 1.63. The zero-order chi connectivity index (χ0) is 15.3. The average molecular weight is 281 g/mol. The zero-order valence-electron chi connectivity index (χ0n) is 12.4. The molecule has 0 spiro atoms. The molecular weight excluding hydrogens is 258 g/mol. The Labute approximate surface area is 119 Å². The first-order valence-corrected chi connectivity index (χ1v) is 6.52. The van der Waals surface area contributed by atoms with Crippen LogP contribution in [-0.2, 0) is 16.1 Å². The molecule has 0 saturated carbocycles. The highest BCUT2D eigenvalue weighted by Crippen LogP contribution is 2.18. The van der Waals surface area contributed by atoms with E-state index in [9.17, 15) is 15.0 Å². The van der Waals surface area contributed by atoms with Crippen LogP contribution in [0.2, 0.25) is 0 Å². The molecule has 0 aliphatic rings. The van der Waals surface area contributed by atoms with Gasteiger partial charge in [0.15, 0.2) is 6.10 Å². The molecular formula is C15H23NO4. The number of hydrogen-bond donors (Lipinski definition) is 3. The molecule has 1 aromatic rings. The van der Waals surface area contributed by atoms with Crippen molar-refractivity contribution in [2.45, 2.75) is 45.1 Å². The van der Waals surface area contributed by atoms with E-state index >= 15 is 0 Å². The van der Waals surface area contributed by atoms with Crippen molar-refractivity contribution in [3.8, 4) is 0 Å². The second-order valence-electron chi connectivity index (χ2n) is 5.76. The van der Waals surface area contributed by atoms with Gasteiger partial charge in [-0.2, -0.15) is 0 Å². The molecule has 1 aromatic carbocycles. The second kappa shape index (κ2) is 6.83. The quantitative estimate of drug-likeness (QED) is 0.705. The molecule has 0 saturated heterocycles. The Hall–Kier alpha value is -1.43. The molecule has 0 fully saturated rings. The summed E-state index contributed by atoms with van der Waals surface area (Å²) >= 11 is 0. The number of hydrogen-bond acceptors (Lipinski definition) is 5. The number of esters is 1. The maximum Gasteiger partial charge on any atom is 0.337 e. The molecule has 0 aliphatic heterocycles. The summed E-state index contributed by atoms with van der Waals surface area (Å²) < 4.78 is 4.40. The first kappa shape index (κ1) is 16.6. The Balaban J connectivity index is 2.68. The van der Waals surface area contributed by atoms with Gasteiger partial charge >= 0.3 is 5.97 Å². The van der Waals surface area contributed by atoms with Crippen LogP contribution in [-0.4, -0.2) is 34.9 Å². The fourth-order valence-corrected chi connectivity index (χ4v) is 1.63. The second-order valence-corrected chi connectivity index (χ2v) is 5.76. The lowest BCUT2D eigenvalue weighted by Gasteiger charge is -2.21. The Bertz CT molecular complexity index is 436. The van der Waals surface area contributed by atoms with Gasteiger partial charge in [-0.15, -0.1) is 0 Å². The Kier molecular flexibility index (Phi) is 5.68. The Morgan fingerprint density at radius 2 is 1.80 bits per heavy atom. The molecule has 0 radical (unpaired) electrons. The number of rotatable bonds is 5. The van der Waals surface area contributed by atoms with Crippen LogP contribution in [0.15, 0.2) is 24.3 Å². The number of carbonyl (C=O) groups excluding carboxylic acids is 1. The summed E-state index contributed by atoms with van der Waals surface area (Å²) in [6.07, 6.45) is -2.86. The molecule has 0 amide bonds. The minimum Gasteiger partial charge on any atom is -0.467 e. The van der Waals surface area contributed by atoms with Crippen molar-refractivity contribution in [3.05, 3.63) is 35.4 Å². The van der Waals surface area contributed by atoms with Gasteiger partial charge in [0.25, 0.3) is 0 Å². The van der Waals surface area contributed by atoms with E-state index in [-0.39, 0.29) is 5.54 Å². The van der Waals surface area contributed by atoms with Gasteiger partial charge in [-0.05, 0) is 31.9 Å². The summed E-state index contributed by atoms with van der Waals surface area (Å²) in [5, 5.41) is 22.8. The molecule has 2 unspecified atom stereocenters. The van der Waals surface area contributed by atoms with Crippen LogP contribution >= 0.6 is 0 Å². The minimum absolute atomic E-state index is 0.0270. The largest absolute Gasteiger partial charge is 0.467 e. The third-order valence-corrected chi connectivity index (χ3v) is 2.89. The summed E-state index contributed by atoms with van der Waals surface area (Å²) in [5.41, 5.74) is 1.56. The Morgan fingerprint density at radius 3 is 2.25 bits per heavy atom. The molecule has 0 aromatic heterocycles. The lowest BCUT2D eigenvalue weighted by atomic mass is 10.0. The lowest BCUT2D eigenvalue weighted by Crippen LogP contribution is -2.35. The van der Waals surface area contributed by atoms with Crippen LogP contribution < -0.4 is 5.32 Å². The monoisotopic (exact) mass is 281 g/mol. The van der Waals surface area contributed by atoms with Crippen molar-refractivity contribution in [1.29, 1.82) is 0 Å². The maximum atomic E-state index is 11.2. The average Bonchev–Trinajstić information content (AvgIpc) is 2.42. The van der Waals surface area contributed by atoms with Crippen molar-refractivity contribution in [2.24, 2.45) is 0 Å². The van der Waals surface area contributed by atoms with Crippen LogP contribution in [0.25, 0.3) is 0 Å². The SMILES string of the molecule is COC(=O)C(O)C(O)c1ccc(CNC(C)(C)C)cc1. The van der Waals surface area contributed by atoms with Gasteiger partial charge in [0.2, 0.25) is 0 Å². The number of aliphatic hydroxyl groups excluding tert-OH is 2. The highest BCUT2D eigenvalue weighted by Gasteiger charge is 2.26. The highest BCUT2D eigenvalue weighted by atomic mass is 16.5. The van der Waals surface area contributed by atoms with E-state index in [2.05, 4.69) is 30.8 Å². The van der Waals surface area contributed by atoms with Gasteiger partial charge in [0.05, 0.1) is 7.11 Å². The molecule has 1 rings (SSSR count). The summed E-state index contributed by atoms with van der Waals surface area (Å²) in [6, 6.07) is 7.08. The number of ether oxygens (including phenoxy) is 1. The predicted molar refractivity (Wildman–Crippen MR) is 76.0 cm³/mol. The first-order valence-electron chi connectivity index (χ1n) is 6.52. The molecule has 3 N–H and O–H groups in total. The highest BCUT2D eigenvalue weighted by molar-refractivity contribution is 5.75. The number of benzene rings is 1. The van der Waals surface area contributed by atoms with Crippen LogP contribution in [0.1, 0.15) is 38.0 Å². The standard InChI is InChI=1S/C15H23NO4/c1-15(2,3)16-9-10-5-7-11(8-6-10)12(17)13(18)14(19)20-4/h5-8,12-13,16-18H,9H2,1-4H3. The van der Waals surface area contributed by atoms with E-state index < -0.39 is 18.2 Å². The van der Waals surface area contributed by atoms with E-state index in [1.165, 1.54) is 7.11 Å². The number of carbonyl (C=O) groups is 1. The Morgan fingerprint density at radius 1 is 1.25 bits per heavy atom. The third kappa shape index (κ3) is 4.92. The molecule has 0 heterocycles. The van der Waals surface area contributed by atoms with Gasteiger partial charge in [-0.3, -0.25) is 0 Å². The van der Waals surface area contributed by atoms with Gasteiger partial charge in [-0.25, -0.2) is 4.79 Å². The number of aliphatic hydroxyl groups is 2. The molecule has 5 nitrogen and oxygen atoms in total. The van der Waals surface area contributed by atoms with Crippen LogP contribution in [0.3, 0.4) is 0 Å². The summed E-state index contributed by atoms with van der Waals surface area (Å²) in [5.74, 6) is -0.851. The van der Waals surface area contributed by atoms with Crippen LogP contribution in [0.5, 0.6) is 0 Å². The van der Waals surface area contributed by atoms with Crippen molar-refractivity contribution in [2.75, 3.05) is 7.11 Å². The third-order valence-electron chi connectivity index (χ3n) is 2.89. The molecule has 2 atom stereocenters. The molecule has 0 bridgehead atoms. The predicted octanol–water partition coefficient (Wildman–Crippen LogP) is 1.14. The van der Waals surface area contributed by atoms with Gasteiger partial charge in [0.1, 0.15) is 6.10 Å². The van der Waals surface area contributed by atoms with Crippen molar-refractivity contribution < 1.29 is 19.7 Å². The van der Waals surface area contributed by atoms with Crippen LogP contribution in [0.4, 0.5) is 0 Å². The van der Waals surface area contributed by atoms with Crippen molar-refractivity contribution in [3.63, 3.8) is 0 Å². The smallest absolute Gasteiger partial charge is 0.337 e. The topological polar surface area (TPSA) is 78.8 Å². The summed E-state index contributed by atoms with van der Waals surface area (Å²) in [4.78, 5) is 11.2. The van der Waals surface area contributed by atoms with Crippen molar-refractivity contribution in [1.82, 2.24) is 5.32 Å². The van der Waals surface area contributed by atoms with Gasteiger partial charge in [-0.1, -0.05) is 24.3 Å². The fraction of sp³-hybridized carbons (Fsp3) is 0.533. The van der Waals surface area contributed by atoms with Crippen LogP contribution in [0, 0.1) is 0 Å². The van der Waals surface area contributed by atoms with E-state index in [1.807, 2.05) is 12.1 Å². The number of methoxy groups -OCH3 is 1. The maximum absolute atomic E-state index is 11.2. The van der Waals surface area contributed by atoms with Gasteiger partial charge in [0, 0.05) is 12.1 Å². The minimum atomic E-state index is -1.57. The van der Waals surface area contributed by atoms with E-state index in [0.29, 0.717) is 12.1 Å². The van der Waals surface area contributed by atoms with E-state index in [4.69, 9.17) is 0 Å². The zero-order valence-corrected chi connectivity index (χ0v) is 12.4. The summed E-state index contributed by atoms with van der Waals surface area (Å²) in [6.45, 7) is 6.95. The van der Waals surface area contributed by atoms with Gasteiger partial charge < -0.3 is 20.3 Å². The molecule has 20 heavy (non-hydrogen) atoms. The van der Waals surface area contributed by atoms with E-state index in [0.717, 1.165) is 5.56 Å². The molecule has 112 valence electrons. The lowest BCUT2D eigenvalue weighted by molar-refractivity contribution is -0.156. The normalized spacial score (nSPS) is 14.7. The first-order chi connectivity index (χ1) is 9.24. The number of nitrogens with one attached hydrogen (secondary N) is 1. The van der Waals surface area contributed by atoms with Crippen molar-refractivity contribution >= 4 is 5.97 Å².